The first kappa shape index (κ1) is 23.0. The summed E-state index contributed by atoms with van der Waals surface area (Å²) >= 11 is 0. The Morgan fingerprint density at radius 1 is 1.18 bits per heavy atom. The van der Waals surface area contributed by atoms with E-state index in [0.717, 1.165) is 44.6 Å². The van der Waals surface area contributed by atoms with E-state index in [1.165, 1.54) is 33.4 Å². The second-order valence-electron chi connectivity index (χ2n) is 9.94. The molecule has 3 heterocycles. The van der Waals surface area contributed by atoms with Crippen LogP contribution in [0, 0.1) is 0 Å². The maximum absolute atomic E-state index is 12.5. The van der Waals surface area contributed by atoms with Gasteiger partial charge in [-0.2, -0.15) is 0 Å². The largest absolute Gasteiger partial charge is 0.381 e. The van der Waals surface area contributed by atoms with Crippen molar-refractivity contribution in [1.29, 1.82) is 0 Å². The van der Waals surface area contributed by atoms with Crippen molar-refractivity contribution in [3.05, 3.63) is 77.6 Å². The molecule has 1 saturated heterocycles. The first-order chi connectivity index (χ1) is 16.6. The Morgan fingerprint density at radius 3 is 2.74 bits per heavy atom. The number of aromatic nitrogens is 1. The lowest BCUT2D eigenvalue weighted by atomic mass is 9.88. The summed E-state index contributed by atoms with van der Waals surface area (Å²) in [7, 11) is 0. The number of para-hydroxylation sites is 1. The zero-order valence-corrected chi connectivity index (χ0v) is 20.5. The predicted octanol–water partition coefficient (Wildman–Crippen LogP) is 6.27. The smallest absolute Gasteiger partial charge is 0.0947 e. The van der Waals surface area contributed by atoms with E-state index in [4.69, 9.17) is 0 Å². The lowest BCUT2D eigenvalue weighted by molar-refractivity contribution is 0.196. The van der Waals surface area contributed by atoms with Gasteiger partial charge in [0, 0.05) is 59.7 Å². The molecular formula is C29H37FN4. The third-order valence-corrected chi connectivity index (χ3v) is 7.62. The molecule has 4 nitrogen and oxygen atoms in total. The first-order valence-electron chi connectivity index (χ1n) is 12.8. The average molecular weight is 461 g/mol. The zero-order chi connectivity index (χ0) is 23.7. The number of fused-ring (bicyclic) bond motifs is 3. The lowest BCUT2D eigenvalue weighted by Crippen LogP contribution is -2.41. The maximum Gasteiger partial charge on any atom is 0.0947 e. The van der Waals surface area contributed by atoms with Gasteiger partial charge in [0.1, 0.15) is 0 Å². The summed E-state index contributed by atoms with van der Waals surface area (Å²) in [5.74, 6) is 0. The number of rotatable bonds is 8. The van der Waals surface area contributed by atoms with Crippen LogP contribution in [0.15, 0.2) is 60.8 Å². The quantitative estimate of drug-likeness (QED) is 0.416. The van der Waals surface area contributed by atoms with E-state index in [1.54, 1.807) is 0 Å². The van der Waals surface area contributed by atoms with Gasteiger partial charge in [-0.3, -0.25) is 4.39 Å². The fourth-order valence-corrected chi connectivity index (χ4v) is 5.90. The van der Waals surface area contributed by atoms with Gasteiger partial charge in [-0.15, -0.1) is 0 Å². The van der Waals surface area contributed by atoms with Crippen molar-refractivity contribution in [1.82, 2.24) is 14.8 Å². The number of allylic oxidation sites excluding steroid dienone is 1. The number of H-pyrrole nitrogens is 1. The van der Waals surface area contributed by atoms with E-state index < -0.39 is 0 Å². The number of halogens is 1. The number of anilines is 1. The molecular weight excluding hydrogens is 423 g/mol. The van der Waals surface area contributed by atoms with Crippen molar-refractivity contribution in [2.75, 3.05) is 31.6 Å². The summed E-state index contributed by atoms with van der Waals surface area (Å²) in [6.07, 6.45) is 3.71. The van der Waals surface area contributed by atoms with Crippen LogP contribution in [0.1, 0.15) is 56.0 Å². The molecule has 0 bridgehead atoms. The Labute approximate surface area is 202 Å². The highest BCUT2D eigenvalue weighted by molar-refractivity contribution is 5.85. The number of likely N-dealkylation sites (tertiary alicyclic amines) is 1. The van der Waals surface area contributed by atoms with E-state index in [9.17, 15) is 4.39 Å². The van der Waals surface area contributed by atoms with Crippen LogP contribution < -0.4 is 5.32 Å². The molecule has 2 N–H and O–H groups in total. The van der Waals surface area contributed by atoms with E-state index in [1.807, 2.05) is 0 Å². The van der Waals surface area contributed by atoms with Crippen LogP contribution in [0.2, 0.25) is 0 Å². The van der Waals surface area contributed by atoms with E-state index in [2.05, 4.69) is 89.1 Å². The predicted molar refractivity (Wildman–Crippen MR) is 140 cm³/mol. The fraction of sp³-hybridized carbons (Fsp3) is 0.448. The molecule has 2 aromatic carbocycles. The Hall–Kier alpha value is -2.79. The molecule has 0 saturated carbocycles. The minimum absolute atomic E-state index is 0.135. The van der Waals surface area contributed by atoms with E-state index in [0.29, 0.717) is 18.5 Å². The molecule has 0 amide bonds. The van der Waals surface area contributed by atoms with Crippen LogP contribution in [0.25, 0.3) is 10.9 Å². The lowest BCUT2D eigenvalue weighted by Gasteiger charge is -2.43. The molecule has 1 aromatic heterocycles. The van der Waals surface area contributed by atoms with Gasteiger partial charge in [0.25, 0.3) is 0 Å². The number of aromatic amines is 1. The molecule has 180 valence electrons. The average Bonchev–Trinajstić information content (AvgIpc) is 3.46. The number of benzene rings is 2. The van der Waals surface area contributed by atoms with Crippen LogP contribution in [-0.4, -0.2) is 53.2 Å². The van der Waals surface area contributed by atoms with Gasteiger partial charge < -0.3 is 20.1 Å². The highest BCUT2D eigenvalue weighted by Crippen LogP contribution is 2.43. The molecule has 3 aromatic rings. The van der Waals surface area contributed by atoms with E-state index in [-0.39, 0.29) is 12.7 Å². The standard InChI is InChI=1S/C29H37FN4/c1-4-20(2)34-21(3)18-26-25-8-5-6-9-27(25)32-28(26)29(34)22-10-12-23(13-11-22)31-24-14-17-33(19-24)16-7-15-30/h5-6,8-13,21,24,29,31-32H,2,4,7,14-19H2,1,3H3/t21-,24+,29-/m1/s1. The van der Waals surface area contributed by atoms with Crippen LogP contribution in [0.4, 0.5) is 10.1 Å². The molecule has 5 heteroatoms. The number of nitrogens with zero attached hydrogens (tertiary/aromatic N) is 2. The summed E-state index contributed by atoms with van der Waals surface area (Å²) in [5.41, 5.74) is 7.58. The Balaban J connectivity index is 1.41. The number of nitrogens with one attached hydrogen (secondary N) is 2. The van der Waals surface area contributed by atoms with Crippen molar-refractivity contribution in [3.63, 3.8) is 0 Å². The van der Waals surface area contributed by atoms with Crippen LogP contribution >= 0.6 is 0 Å². The second-order valence-corrected chi connectivity index (χ2v) is 9.94. The molecule has 3 atom stereocenters. The topological polar surface area (TPSA) is 34.3 Å². The summed E-state index contributed by atoms with van der Waals surface area (Å²) in [6.45, 7) is 11.6. The highest BCUT2D eigenvalue weighted by atomic mass is 19.1. The van der Waals surface area contributed by atoms with Gasteiger partial charge in [0.2, 0.25) is 0 Å². The number of alkyl halides is 1. The van der Waals surface area contributed by atoms with Gasteiger partial charge in [0.15, 0.2) is 0 Å². The van der Waals surface area contributed by atoms with Gasteiger partial charge in [-0.1, -0.05) is 43.8 Å². The third kappa shape index (κ3) is 4.34. The monoisotopic (exact) mass is 460 g/mol. The van der Waals surface area contributed by atoms with Gasteiger partial charge in [-0.05, 0) is 61.9 Å². The summed E-state index contributed by atoms with van der Waals surface area (Å²) in [5, 5.41) is 5.04. The first-order valence-corrected chi connectivity index (χ1v) is 12.8. The minimum Gasteiger partial charge on any atom is -0.381 e. The van der Waals surface area contributed by atoms with Crippen molar-refractivity contribution in [3.8, 4) is 0 Å². The molecule has 0 radical (unpaired) electrons. The minimum atomic E-state index is -0.227. The summed E-state index contributed by atoms with van der Waals surface area (Å²) in [4.78, 5) is 8.63. The van der Waals surface area contributed by atoms with Crippen LogP contribution in [0.5, 0.6) is 0 Å². The second kappa shape index (κ2) is 9.83. The molecule has 0 unspecified atom stereocenters. The zero-order valence-electron chi connectivity index (χ0n) is 20.5. The Morgan fingerprint density at radius 2 is 1.97 bits per heavy atom. The van der Waals surface area contributed by atoms with Gasteiger partial charge in [-0.25, -0.2) is 0 Å². The number of hydrogen-bond acceptors (Lipinski definition) is 3. The Bertz CT molecular complexity index is 1130. The maximum atomic E-state index is 12.5. The van der Waals surface area contributed by atoms with Crippen LogP contribution in [0.3, 0.4) is 0 Å². The molecule has 2 aliphatic heterocycles. The van der Waals surface area contributed by atoms with Crippen molar-refractivity contribution < 1.29 is 4.39 Å². The number of hydrogen-bond donors (Lipinski definition) is 2. The van der Waals surface area contributed by atoms with Gasteiger partial charge in [0.05, 0.1) is 12.7 Å². The molecule has 5 rings (SSSR count). The van der Waals surface area contributed by atoms with Crippen molar-refractivity contribution >= 4 is 16.6 Å². The van der Waals surface area contributed by atoms with Crippen molar-refractivity contribution in [2.24, 2.45) is 0 Å². The molecule has 0 aliphatic carbocycles. The fourth-order valence-electron chi connectivity index (χ4n) is 5.90. The third-order valence-electron chi connectivity index (χ3n) is 7.62. The molecule has 2 aliphatic rings. The van der Waals surface area contributed by atoms with Crippen molar-refractivity contribution in [2.45, 2.75) is 57.7 Å². The summed E-state index contributed by atoms with van der Waals surface area (Å²) in [6, 6.07) is 18.6. The normalized spacial score (nSPS) is 22.8. The molecule has 1 fully saturated rings. The molecule has 0 spiro atoms. The van der Waals surface area contributed by atoms with Gasteiger partial charge >= 0.3 is 0 Å². The van der Waals surface area contributed by atoms with E-state index >= 15 is 0 Å². The van der Waals surface area contributed by atoms with Crippen LogP contribution in [-0.2, 0) is 6.42 Å². The highest BCUT2D eigenvalue weighted by Gasteiger charge is 2.36. The summed E-state index contributed by atoms with van der Waals surface area (Å²) < 4.78 is 12.5. The Kier molecular flexibility index (Phi) is 6.64. The molecule has 34 heavy (non-hydrogen) atoms. The SMILES string of the molecule is C=C(CC)N1[C@H](c2ccc(N[C@H]3CCN(CCCF)C3)cc2)c2[nH]c3ccccc3c2C[C@H]1C.